The number of rotatable bonds is 12. The van der Waals surface area contributed by atoms with Crippen molar-refractivity contribution in [3.05, 3.63) is 43.8 Å². The molecule has 0 saturated carbocycles. The summed E-state index contributed by atoms with van der Waals surface area (Å²) in [6.45, 7) is 4.40. The third-order valence-corrected chi connectivity index (χ3v) is 6.68. The van der Waals surface area contributed by atoms with E-state index in [1.54, 1.807) is 0 Å². The van der Waals surface area contributed by atoms with Gasteiger partial charge < -0.3 is 30.1 Å². The third-order valence-electron chi connectivity index (χ3n) is 4.68. The average Bonchev–Trinajstić information content (AvgIpc) is 3.22. The van der Waals surface area contributed by atoms with Crippen molar-refractivity contribution in [2.45, 2.75) is 40.3 Å². The molecule has 0 aliphatic carbocycles. The highest BCUT2D eigenvalue weighted by Crippen LogP contribution is 2.31. The highest BCUT2D eigenvalue weighted by Gasteiger charge is 2.21. The number of hydrogen-bond acceptors (Lipinski definition) is 13. The largest absolute Gasteiger partial charge is 0.778 e. The topological polar surface area (TPSA) is 258 Å². The van der Waals surface area contributed by atoms with Crippen LogP contribution in [0.4, 0.5) is 26.4 Å². The van der Waals surface area contributed by atoms with Crippen molar-refractivity contribution in [3.63, 3.8) is 0 Å². The van der Waals surface area contributed by atoms with Crippen LogP contribution in [0, 0.1) is 6.92 Å². The Morgan fingerprint density at radius 1 is 1.10 bits per heavy atom. The molecule has 3 rings (SSSR count). The smallest absolute Gasteiger partial charge is 0.355 e. The SMILES string of the molecule is CCNc1nc(Cl)nc(NC(C)C)n1.C[S+](C)C.Cc1nn(-c2cc(NS(C)(=O)=O)c(Cl)cc2Cl)c(=O)n1C(F)F.O=C(O)CNCP(=O)([O-])O. The Hall–Kier alpha value is -2.82. The number of aliphatic carboxylic acids is 1. The van der Waals surface area contributed by atoms with Gasteiger partial charge in [-0.1, -0.05) is 23.2 Å². The van der Waals surface area contributed by atoms with Crippen LogP contribution >= 0.6 is 42.4 Å². The van der Waals surface area contributed by atoms with Gasteiger partial charge in [-0.25, -0.2) is 17.8 Å². The molecule has 2 heterocycles. The minimum absolute atomic E-state index is 0.0257. The van der Waals surface area contributed by atoms with E-state index in [4.69, 9.17) is 44.8 Å². The van der Waals surface area contributed by atoms with Gasteiger partial charge in [0, 0.05) is 12.6 Å². The molecule has 0 aliphatic rings. The number of alkyl halides is 2. The Bertz CT molecular complexity index is 1800. The van der Waals surface area contributed by atoms with Crippen LogP contribution in [0.2, 0.25) is 15.3 Å². The molecule has 3 aromatic rings. The number of benzene rings is 1. The lowest BCUT2D eigenvalue weighted by molar-refractivity contribution is -0.193. The van der Waals surface area contributed by atoms with Crippen molar-refractivity contribution in [3.8, 4) is 5.69 Å². The fourth-order valence-corrected chi connectivity index (χ4v) is 4.74. The maximum Gasteiger partial charge on any atom is 0.355 e. The standard InChI is InChI=1S/C11H10Cl2F2N4O3S.C8H14ClN5.C3H8NO5P.C3H9S/c1-5-16-19(11(20)18(5)10(14)15)9-4-8(17-23(2,21)22)6(12)3-7(9)13;1-4-10-7-12-6(9)13-8(14-7)11-5(2)3;5-3(6)1-4-2-10(7,8)9;1-4(2)3/h3-4,10,17H,1-2H3;5H,4H2,1-3H3,(H2,10,11,12,13,14);4H,1-2H2,(H,5,6)(H2,7,8,9);1-3H3/q;;;+1/p-1. The molecule has 51 heavy (non-hydrogen) atoms. The van der Waals surface area contributed by atoms with E-state index < -0.39 is 48.7 Å². The Balaban J connectivity index is 0.000000759. The second-order valence-electron chi connectivity index (χ2n) is 10.5. The molecule has 0 bridgehead atoms. The number of halogens is 5. The van der Waals surface area contributed by atoms with Crippen LogP contribution in [-0.4, -0.2) is 104 Å². The average molecular weight is 848 g/mol. The number of aryl methyl sites for hydroxylation is 1. The Morgan fingerprint density at radius 3 is 2.08 bits per heavy atom. The summed E-state index contributed by atoms with van der Waals surface area (Å²) >= 11 is 17.6. The number of nitrogens with one attached hydrogen (secondary N) is 4. The summed E-state index contributed by atoms with van der Waals surface area (Å²) in [5, 5.41) is 19.8. The molecular formula is C25H40Cl3F2N10O8PS2. The van der Waals surface area contributed by atoms with Gasteiger partial charge in [-0.3, -0.25) is 14.8 Å². The number of anilines is 3. The summed E-state index contributed by atoms with van der Waals surface area (Å²) in [4.78, 5) is 51.8. The van der Waals surface area contributed by atoms with Crippen LogP contribution in [0.15, 0.2) is 16.9 Å². The fraction of sp³-hybridized carbons (Fsp3) is 0.520. The molecule has 1 unspecified atom stereocenters. The summed E-state index contributed by atoms with van der Waals surface area (Å²) < 4.78 is 61.2. The second kappa shape index (κ2) is 22.3. The molecule has 0 spiro atoms. The van der Waals surface area contributed by atoms with E-state index in [9.17, 15) is 36.2 Å². The maximum atomic E-state index is 12.8. The van der Waals surface area contributed by atoms with Gasteiger partial charge in [0.05, 0.1) is 59.3 Å². The van der Waals surface area contributed by atoms with E-state index in [1.165, 1.54) is 13.0 Å². The van der Waals surface area contributed by atoms with E-state index in [0.29, 0.717) is 27.5 Å². The van der Waals surface area contributed by atoms with Gasteiger partial charge in [0.15, 0.2) is 0 Å². The van der Waals surface area contributed by atoms with Crippen molar-refractivity contribution in [2.75, 3.05) is 59.8 Å². The van der Waals surface area contributed by atoms with E-state index in [-0.39, 0.29) is 43.1 Å². The fourth-order valence-electron chi connectivity index (χ4n) is 3.05. The van der Waals surface area contributed by atoms with Crippen LogP contribution in [0.3, 0.4) is 0 Å². The van der Waals surface area contributed by atoms with Crippen LogP contribution in [0.1, 0.15) is 33.1 Å². The molecule has 0 amide bonds. The molecule has 0 saturated heterocycles. The first-order chi connectivity index (χ1) is 23.3. The van der Waals surface area contributed by atoms with Crippen molar-refractivity contribution in [1.29, 1.82) is 0 Å². The van der Waals surface area contributed by atoms with Crippen LogP contribution < -0.4 is 31.3 Å². The second-order valence-corrected chi connectivity index (χ2v) is 17.4. The van der Waals surface area contributed by atoms with Gasteiger partial charge in [0.2, 0.25) is 27.2 Å². The van der Waals surface area contributed by atoms with E-state index >= 15 is 0 Å². The molecule has 0 fully saturated rings. The number of carboxylic acid groups (broad SMARTS) is 1. The number of carbonyl (C=O) groups is 1. The molecule has 1 aromatic carbocycles. The summed E-state index contributed by atoms with van der Waals surface area (Å²) in [6.07, 6.45) is 6.78. The normalized spacial score (nSPS) is 12.1. The van der Waals surface area contributed by atoms with Crippen molar-refractivity contribution < 1.29 is 41.5 Å². The number of aromatic nitrogens is 6. The zero-order chi connectivity index (χ0) is 39.9. The first-order valence-corrected chi connectivity index (χ1v) is 21.3. The molecule has 26 heteroatoms. The minimum Gasteiger partial charge on any atom is -0.778 e. The monoisotopic (exact) mass is 846 g/mol. The summed E-state index contributed by atoms with van der Waals surface area (Å²) in [5.41, 5.74) is -1.27. The summed E-state index contributed by atoms with van der Waals surface area (Å²) in [7, 11) is -7.36. The predicted molar refractivity (Wildman–Crippen MR) is 196 cm³/mol. The van der Waals surface area contributed by atoms with Gasteiger partial charge in [-0.15, -0.1) is 5.10 Å². The lowest BCUT2D eigenvalue weighted by atomic mass is 10.3. The van der Waals surface area contributed by atoms with Crippen molar-refractivity contribution in [2.24, 2.45) is 0 Å². The van der Waals surface area contributed by atoms with Gasteiger partial charge in [0.1, 0.15) is 13.4 Å². The molecule has 2 aromatic heterocycles. The highest BCUT2D eigenvalue weighted by molar-refractivity contribution is 7.94. The lowest BCUT2D eigenvalue weighted by Gasteiger charge is -2.14. The minimum atomic E-state index is -4.35. The predicted octanol–water partition coefficient (Wildman–Crippen LogP) is 2.85. The van der Waals surface area contributed by atoms with Crippen LogP contribution in [0.5, 0.6) is 0 Å². The quantitative estimate of drug-likeness (QED) is 0.113. The van der Waals surface area contributed by atoms with Gasteiger partial charge >= 0.3 is 18.2 Å². The lowest BCUT2D eigenvalue weighted by Crippen LogP contribution is -2.25. The van der Waals surface area contributed by atoms with Gasteiger partial charge in [0.25, 0.3) is 0 Å². The number of nitrogens with zero attached hydrogens (tertiary/aromatic N) is 6. The molecule has 0 radical (unpaired) electrons. The molecule has 0 aliphatic heterocycles. The Labute approximate surface area is 311 Å². The molecule has 290 valence electrons. The molecule has 18 nitrogen and oxygen atoms in total. The van der Waals surface area contributed by atoms with E-state index in [1.807, 2.05) is 26.1 Å². The zero-order valence-corrected chi connectivity index (χ0v) is 33.4. The van der Waals surface area contributed by atoms with E-state index in [0.717, 1.165) is 18.9 Å². The highest BCUT2D eigenvalue weighted by atomic mass is 35.5. The van der Waals surface area contributed by atoms with Gasteiger partial charge in [-0.2, -0.15) is 28.4 Å². The number of sulfonamides is 1. The Morgan fingerprint density at radius 2 is 1.65 bits per heavy atom. The first-order valence-electron chi connectivity index (χ1n) is 14.1. The Kier molecular flexibility index (Phi) is 21.1. The van der Waals surface area contributed by atoms with Crippen LogP contribution in [-0.2, 0) is 30.3 Å². The molecule has 6 N–H and O–H groups in total. The van der Waals surface area contributed by atoms with Gasteiger partial charge in [-0.05, 0) is 62.3 Å². The van der Waals surface area contributed by atoms with Crippen molar-refractivity contribution >= 4 is 86.9 Å². The van der Waals surface area contributed by atoms with Crippen LogP contribution in [0.25, 0.3) is 5.69 Å². The zero-order valence-electron chi connectivity index (χ0n) is 28.6. The molecule has 1 atom stereocenters. The third kappa shape index (κ3) is 20.7. The number of hydrogen-bond donors (Lipinski definition) is 6. The first kappa shape index (κ1) is 48.2. The number of carboxylic acids is 1. The van der Waals surface area contributed by atoms with Crippen molar-refractivity contribution in [1.82, 2.24) is 34.6 Å². The summed E-state index contributed by atoms with van der Waals surface area (Å²) in [6, 6.07) is 2.58. The molecular weight excluding hydrogens is 808 g/mol. The summed E-state index contributed by atoms with van der Waals surface area (Å²) in [5.74, 6) is -0.409. The maximum absolute atomic E-state index is 12.8. The van der Waals surface area contributed by atoms with E-state index in [2.05, 4.69) is 54.2 Å².